The molecule has 0 amide bonds. The third kappa shape index (κ3) is 3.67. The van der Waals surface area contributed by atoms with Crippen molar-refractivity contribution in [2.75, 3.05) is 5.73 Å². The van der Waals surface area contributed by atoms with Crippen molar-refractivity contribution in [2.45, 2.75) is 65.3 Å². The number of ketones is 2. The number of rotatable bonds is 5. The summed E-state index contributed by atoms with van der Waals surface area (Å²) >= 11 is 0. The Hall–Kier alpha value is -2.88. The van der Waals surface area contributed by atoms with Gasteiger partial charge in [-0.2, -0.15) is 0 Å². The molecule has 0 radical (unpaired) electrons. The van der Waals surface area contributed by atoms with Crippen LogP contribution in [-0.4, -0.2) is 16.1 Å². The van der Waals surface area contributed by atoms with Crippen molar-refractivity contribution in [2.24, 2.45) is 0 Å². The number of nitrogen functional groups attached to an aromatic ring is 1. The summed E-state index contributed by atoms with van der Waals surface area (Å²) in [5, 5.41) is 1.14. The van der Waals surface area contributed by atoms with Crippen LogP contribution in [0, 0.1) is 6.92 Å². The molecule has 2 aromatic carbocycles. The molecule has 1 aromatic heterocycles. The van der Waals surface area contributed by atoms with E-state index in [1.54, 1.807) is 13.8 Å². The molecule has 0 aliphatic heterocycles. The third-order valence-corrected chi connectivity index (χ3v) is 6.37. The highest BCUT2D eigenvalue weighted by molar-refractivity contribution is 6.02. The lowest BCUT2D eigenvalue weighted by molar-refractivity contribution is -0.117. The summed E-state index contributed by atoms with van der Waals surface area (Å²) in [4.78, 5) is 24.3. The average molecular weight is 403 g/mol. The van der Waals surface area contributed by atoms with Crippen LogP contribution in [0.5, 0.6) is 0 Å². The van der Waals surface area contributed by atoms with E-state index >= 15 is 0 Å². The van der Waals surface area contributed by atoms with E-state index in [2.05, 4.69) is 22.8 Å². The Balaban J connectivity index is 2.09. The lowest BCUT2D eigenvalue weighted by Crippen LogP contribution is -2.11. The molecular weight excluding hydrogens is 372 g/mol. The first-order valence-electron chi connectivity index (χ1n) is 10.9. The number of Topliss-reactive ketones (excluding diaryl/α,β-unsaturated/α-hetero) is 2. The molecule has 0 unspecified atom stereocenters. The fourth-order valence-corrected chi connectivity index (χ4v) is 4.97. The zero-order valence-corrected chi connectivity index (χ0v) is 18.1. The highest BCUT2D eigenvalue weighted by atomic mass is 16.1. The van der Waals surface area contributed by atoms with Crippen molar-refractivity contribution in [3.8, 4) is 11.3 Å². The number of nitrogens with zero attached hydrogens (tertiary/aromatic N) is 1. The van der Waals surface area contributed by atoms with Crippen molar-refractivity contribution in [3.05, 3.63) is 53.1 Å². The third-order valence-electron chi connectivity index (χ3n) is 6.37. The van der Waals surface area contributed by atoms with Crippen molar-refractivity contribution in [1.29, 1.82) is 0 Å². The molecule has 1 saturated carbocycles. The van der Waals surface area contributed by atoms with Crippen molar-refractivity contribution >= 4 is 28.2 Å². The van der Waals surface area contributed by atoms with Gasteiger partial charge in [-0.05, 0) is 62.8 Å². The van der Waals surface area contributed by atoms with E-state index in [-0.39, 0.29) is 18.1 Å². The molecule has 0 spiro atoms. The Kier molecular flexibility index (Phi) is 5.50. The molecule has 30 heavy (non-hydrogen) atoms. The summed E-state index contributed by atoms with van der Waals surface area (Å²) in [7, 11) is 0. The minimum Gasteiger partial charge on any atom is -0.398 e. The number of benzene rings is 2. The highest BCUT2D eigenvalue weighted by Crippen LogP contribution is 2.45. The second kappa shape index (κ2) is 8.10. The van der Waals surface area contributed by atoms with Crippen molar-refractivity contribution in [3.63, 3.8) is 0 Å². The first kappa shape index (κ1) is 20.4. The summed E-state index contributed by atoms with van der Waals surface area (Å²) in [5.41, 5.74) is 13.3. The molecule has 2 N–H and O–H groups in total. The molecule has 1 fully saturated rings. The van der Waals surface area contributed by atoms with Crippen LogP contribution in [0.2, 0.25) is 0 Å². The Morgan fingerprint density at radius 3 is 2.40 bits per heavy atom. The maximum atomic E-state index is 12.3. The van der Waals surface area contributed by atoms with Crippen LogP contribution in [0.4, 0.5) is 5.69 Å². The van der Waals surface area contributed by atoms with Crippen LogP contribution in [0.25, 0.3) is 22.2 Å². The standard InChI is InChI=1S/C26H30N2O2/c1-16-9-11-21(23(27)13-16)26-25(19-7-5-4-6-8-19)22-12-10-20(18(3)30)14-24(22)28(26)15-17(2)29/h9-14,19H,4-8,15,27H2,1-3H3. The molecule has 3 aromatic rings. The summed E-state index contributed by atoms with van der Waals surface area (Å²) in [5.74, 6) is 0.554. The summed E-state index contributed by atoms with van der Waals surface area (Å²) in [6.07, 6.45) is 6.01. The molecule has 4 heteroatoms. The van der Waals surface area contributed by atoms with Gasteiger partial charge in [0.1, 0.15) is 5.78 Å². The van der Waals surface area contributed by atoms with Crippen molar-refractivity contribution < 1.29 is 9.59 Å². The van der Waals surface area contributed by atoms with Gasteiger partial charge in [-0.1, -0.05) is 43.5 Å². The maximum absolute atomic E-state index is 12.3. The molecule has 156 valence electrons. The van der Waals surface area contributed by atoms with Gasteiger partial charge < -0.3 is 10.3 Å². The van der Waals surface area contributed by atoms with Crippen LogP contribution in [-0.2, 0) is 11.3 Å². The topological polar surface area (TPSA) is 65.1 Å². The van der Waals surface area contributed by atoms with Crippen LogP contribution in [0.1, 0.15) is 73.4 Å². The second-order valence-electron chi connectivity index (χ2n) is 8.76. The Labute approximate surface area is 178 Å². The zero-order chi connectivity index (χ0) is 21.4. The number of carbonyl (C=O) groups is 2. The van der Waals surface area contributed by atoms with Gasteiger partial charge in [0.2, 0.25) is 0 Å². The summed E-state index contributed by atoms with van der Waals surface area (Å²) in [6, 6.07) is 12.1. The smallest absolute Gasteiger partial charge is 0.159 e. The number of hydrogen-bond acceptors (Lipinski definition) is 3. The van der Waals surface area contributed by atoms with Gasteiger partial charge in [-0.15, -0.1) is 0 Å². The fourth-order valence-electron chi connectivity index (χ4n) is 4.97. The molecule has 1 aliphatic rings. The van der Waals surface area contributed by atoms with Gasteiger partial charge in [0.15, 0.2) is 5.78 Å². The number of carbonyl (C=O) groups excluding carboxylic acids is 2. The van der Waals surface area contributed by atoms with E-state index < -0.39 is 0 Å². The number of anilines is 1. The highest BCUT2D eigenvalue weighted by Gasteiger charge is 2.28. The van der Waals surface area contributed by atoms with E-state index in [9.17, 15) is 9.59 Å². The number of hydrogen-bond donors (Lipinski definition) is 1. The maximum Gasteiger partial charge on any atom is 0.159 e. The first-order valence-corrected chi connectivity index (χ1v) is 10.9. The number of aryl methyl sites for hydroxylation is 1. The molecule has 0 saturated heterocycles. The summed E-state index contributed by atoms with van der Waals surface area (Å²) in [6.45, 7) is 5.50. The van der Waals surface area contributed by atoms with Gasteiger partial charge >= 0.3 is 0 Å². The molecule has 4 rings (SSSR count). The normalized spacial score (nSPS) is 14.9. The predicted octanol–water partition coefficient (Wildman–Crippen LogP) is 6.04. The number of aromatic nitrogens is 1. The fraction of sp³-hybridized carbons (Fsp3) is 0.385. The summed E-state index contributed by atoms with van der Waals surface area (Å²) < 4.78 is 2.09. The molecule has 4 nitrogen and oxygen atoms in total. The minimum absolute atomic E-state index is 0.0306. The average Bonchev–Trinajstić information content (AvgIpc) is 3.01. The zero-order valence-electron chi connectivity index (χ0n) is 18.1. The SMILES string of the molecule is CC(=O)Cn1c(-c2ccc(C)cc2N)c(C2CCCCC2)c2ccc(C(C)=O)cc21. The van der Waals surface area contributed by atoms with Gasteiger partial charge in [0.25, 0.3) is 0 Å². The van der Waals surface area contributed by atoms with E-state index in [1.807, 2.05) is 25.1 Å². The quantitative estimate of drug-likeness (QED) is 0.418. The lowest BCUT2D eigenvalue weighted by Gasteiger charge is -2.24. The lowest BCUT2D eigenvalue weighted by atomic mass is 9.81. The number of nitrogens with two attached hydrogens (primary N) is 1. The molecular formula is C26H30N2O2. The van der Waals surface area contributed by atoms with Crippen LogP contribution in [0.3, 0.4) is 0 Å². The largest absolute Gasteiger partial charge is 0.398 e. The van der Waals surface area contributed by atoms with Crippen molar-refractivity contribution in [1.82, 2.24) is 4.57 Å². The number of fused-ring (bicyclic) bond motifs is 1. The van der Waals surface area contributed by atoms with E-state index in [0.717, 1.165) is 46.3 Å². The minimum atomic E-state index is 0.0306. The van der Waals surface area contributed by atoms with Gasteiger partial charge in [-0.3, -0.25) is 9.59 Å². The van der Waals surface area contributed by atoms with Gasteiger partial charge in [0.05, 0.1) is 12.2 Å². The first-order chi connectivity index (χ1) is 14.4. The molecule has 1 aliphatic carbocycles. The van der Waals surface area contributed by atoms with Crippen LogP contribution in [0.15, 0.2) is 36.4 Å². The molecule has 0 atom stereocenters. The van der Waals surface area contributed by atoms with E-state index in [1.165, 1.54) is 24.8 Å². The Morgan fingerprint density at radius 1 is 1.03 bits per heavy atom. The van der Waals surface area contributed by atoms with Gasteiger partial charge in [0, 0.05) is 27.7 Å². The van der Waals surface area contributed by atoms with E-state index in [0.29, 0.717) is 11.5 Å². The van der Waals surface area contributed by atoms with Crippen LogP contribution < -0.4 is 5.73 Å². The molecule has 1 heterocycles. The monoisotopic (exact) mass is 402 g/mol. The Bertz CT molecular complexity index is 1130. The van der Waals surface area contributed by atoms with E-state index in [4.69, 9.17) is 5.73 Å². The van der Waals surface area contributed by atoms with Crippen LogP contribution >= 0.6 is 0 Å². The predicted molar refractivity (Wildman–Crippen MR) is 123 cm³/mol. The molecule has 0 bridgehead atoms. The second-order valence-corrected chi connectivity index (χ2v) is 8.76. The Morgan fingerprint density at radius 2 is 1.77 bits per heavy atom. The van der Waals surface area contributed by atoms with Gasteiger partial charge in [-0.25, -0.2) is 0 Å².